The van der Waals surface area contributed by atoms with Crippen molar-refractivity contribution in [1.29, 1.82) is 0 Å². The van der Waals surface area contributed by atoms with Crippen molar-refractivity contribution in [2.45, 2.75) is 0 Å². The number of piperazine rings is 1. The summed E-state index contributed by atoms with van der Waals surface area (Å²) in [7, 11) is 1.54. The minimum Gasteiger partial charge on any atom is -0.496 e. The first-order valence-corrected chi connectivity index (χ1v) is 11.7. The van der Waals surface area contributed by atoms with Gasteiger partial charge in [0, 0.05) is 47.0 Å². The molecule has 1 aliphatic heterocycles. The Morgan fingerprint density at radius 3 is 2.30 bits per heavy atom. The Balaban J connectivity index is 1.36. The number of carbonyl (C=O) groups is 2. The zero-order valence-electron chi connectivity index (χ0n) is 18.1. The first-order chi connectivity index (χ1) is 16.0. The molecule has 33 heavy (non-hydrogen) atoms. The van der Waals surface area contributed by atoms with E-state index in [-0.39, 0.29) is 11.8 Å². The van der Waals surface area contributed by atoms with Crippen LogP contribution in [0.1, 0.15) is 20.7 Å². The van der Waals surface area contributed by atoms with E-state index in [1.807, 2.05) is 47.4 Å². The summed E-state index contributed by atoms with van der Waals surface area (Å²) < 4.78 is 6.08. The van der Waals surface area contributed by atoms with Gasteiger partial charge >= 0.3 is 0 Å². The highest BCUT2D eigenvalue weighted by molar-refractivity contribution is 9.10. The van der Waals surface area contributed by atoms with Crippen LogP contribution in [0.2, 0.25) is 5.02 Å². The Morgan fingerprint density at radius 1 is 0.939 bits per heavy atom. The number of nitrogens with zero attached hydrogens (tertiary/aromatic N) is 2. The number of amides is 2. The van der Waals surface area contributed by atoms with Crippen molar-refractivity contribution in [3.05, 3.63) is 87.4 Å². The molecule has 0 unspecified atom stereocenters. The van der Waals surface area contributed by atoms with E-state index in [0.717, 1.165) is 15.8 Å². The zero-order chi connectivity index (χ0) is 23.4. The molecule has 0 aliphatic carbocycles. The van der Waals surface area contributed by atoms with Gasteiger partial charge in [-0.15, -0.1) is 0 Å². The summed E-state index contributed by atoms with van der Waals surface area (Å²) in [6, 6.07) is 20.1. The molecular formula is C25H23BrClN3O3. The van der Waals surface area contributed by atoms with Gasteiger partial charge in [0.1, 0.15) is 5.75 Å². The summed E-state index contributed by atoms with van der Waals surface area (Å²) in [5.41, 5.74) is 2.82. The van der Waals surface area contributed by atoms with Gasteiger partial charge in [0.05, 0.1) is 18.2 Å². The first-order valence-electron chi connectivity index (χ1n) is 10.5. The molecule has 170 valence electrons. The number of carbonyl (C=O) groups excluding carboxylic acids is 2. The van der Waals surface area contributed by atoms with Gasteiger partial charge in [0.2, 0.25) is 0 Å². The van der Waals surface area contributed by atoms with E-state index in [1.165, 1.54) is 0 Å². The molecule has 0 spiro atoms. The van der Waals surface area contributed by atoms with Crippen LogP contribution in [-0.4, -0.2) is 50.0 Å². The number of ether oxygens (including phenoxy) is 1. The van der Waals surface area contributed by atoms with Crippen LogP contribution in [0.4, 0.5) is 11.4 Å². The number of methoxy groups -OCH3 is 1. The molecule has 0 radical (unpaired) electrons. The second kappa shape index (κ2) is 10.3. The molecule has 0 atom stereocenters. The molecule has 3 aromatic carbocycles. The van der Waals surface area contributed by atoms with Crippen LogP contribution in [0.3, 0.4) is 0 Å². The molecule has 1 fully saturated rings. The second-order valence-corrected chi connectivity index (χ2v) is 8.90. The number of halogens is 2. The van der Waals surface area contributed by atoms with Crippen LogP contribution in [0.25, 0.3) is 0 Å². The summed E-state index contributed by atoms with van der Waals surface area (Å²) in [5.74, 6) is 0.268. The smallest absolute Gasteiger partial charge is 0.257 e. The van der Waals surface area contributed by atoms with Gasteiger partial charge in [-0.25, -0.2) is 0 Å². The quantitative estimate of drug-likeness (QED) is 0.487. The zero-order valence-corrected chi connectivity index (χ0v) is 20.4. The Morgan fingerprint density at radius 2 is 1.64 bits per heavy atom. The van der Waals surface area contributed by atoms with Crippen LogP contribution < -0.4 is 15.0 Å². The predicted octanol–water partition coefficient (Wildman–Crippen LogP) is 5.33. The molecule has 8 heteroatoms. The summed E-state index contributed by atoms with van der Waals surface area (Å²) in [5, 5.41) is 3.43. The van der Waals surface area contributed by atoms with Gasteiger partial charge in [-0.2, -0.15) is 0 Å². The van der Waals surface area contributed by atoms with Crippen molar-refractivity contribution in [3.8, 4) is 5.75 Å². The molecular weight excluding hydrogens is 506 g/mol. The maximum Gasteiger partial charge on any atom is 0.257 e. The van der Waals surface area contributed by atoms with Crippen LogP contribution in [0.15, 0.2) is 71.2 Å². The fourth-order valence-electron chi connectivity index (χ4n) is 3.78. The SMILES string of the molecule is COc1ccc(Cl)cc1C(=O)N1CCN(c2ccc(NC(=O)c3ccccc3Br)cc2)CC1. The highest BCUT2D eigenvalue weighted by Crippen LogP contribution is 2.26. The molecule has 2 amide bonds. The van der Waals surface area contributed by atoms with Gasteiger partial charge in [-0.05, 0) is 70.5 Å². The van der Waals surface area contributed by atoms with Crippen LogP contribution >= 0.6 is 27.5 Å². The van der Waals surface area contributed by atoms with E-state index in [4.69, 9.17) is 16.3 Å². The Kier molecular flexibility index (Phi) is 7.20. The van der Waals surface area contributed by atoms with Crippen molar-refractivity contribution in [3.63, 3.8) is 0 Å². The number of benzene rings is 3. The summed E-state index contributed by atoms with van der Waals surface area (Å²) in [6.45, 7) is 2.60. The minimum atomic E-state index is -0.168. The summed E-state index contributed by atoms with van der Waals surface area (Å²) >= 11 is 9.49. The van der Waals surface area contributed by atoms with E-state index in [2.05, 4.69) is 26.1 Å². The maximum absolute atomic E-state index is 13.0. The fraction of sp³-hybridized carbons (Fsp3) is 0.200. The number of nitrogens with one attached hydrogen (secondary N) is 1. The van der Waals surface area contributed by atoms with Gasteiger partial charge in [0.25, 0.3) is 11.8 Å². The molecule has 1 saturated heterocycles. The van der Waals surface area contributed by atoms with E-state index < -0.39 is 0 Å². The third kappa shape index (κ3) is 5.31. The van der Waals surface area contributed by atoms with E-state index in [9.17, 15) is 9.59 Å². The molecule has 0 bridgehead atoms. The average molecular weight is 529 g/mol. The normalized spacial score (nSPS) is 13.5. The van der Waals surface area contributed by atoms with Crippen molar-refractivity contribution in [1.82, 2.24) is 4.90 Å². The number of rotatable bonds is 5. The van der Waals surface area contributed by atoms with Crippen LogP contribution in [0.5, 0.6) is 5.75 Å². The fourth-order valence-corrected chi connectivity index (χ4v) is 4.42. The molecule has 0 aromatic heterocycles. The van der Waals surface area contributed by atoms with Crippen molar-refractivity contribution in [2.24, 2.45) is 0 Å². The van der Waals surface area contributed by atoms with Crippen LogP contribution in [-0.2, 0) is 0 Å². The topological polar surface area (TPSA) is 61.9 Å². The predicted molar refractivity (Wildman–Crippen MR) is 135 cm³/mol. The monoisotopic (exact) mass is 527 g/mol. The average Bonchev–Trinajstić information content (AvgIpc) is 2.84. The van der Waals surface area contributed by atoms with Crippen molar-refractivity contribution < 1.29 is 14.3 Å². The lowest BCUT2D eigenvalue weighted by Crippen LogP contribution is -2.48. The van der Waals surface area contributed by atoms with Gasteiger partial charge in [0.15, 0.2) is 0 Å². The van der Waals surface area contributed by atoms with E-state index >= 15 is 0 Å². The highest BCUT2D eigenvalue weighted by Gasteiger charge is 2.24. The number of hydrogen-bond acceptors (Lipinski definition) is 4. The number of hydrogen-bond donors (Lipinski definition) is 1. The molecule has 1 heterocycles. The van der Waals surface area contributed by atoms with E-state index in [0.29, 0.717) is 48.1 Å². The van der Waals surface area contributed by atoms with Gasteiger partial charge < -0.3 is 19.9 Å². The standard InChI is InChI=1S/C25H23BrClN3O3/c1-33-23-11-6-17(27)16-21(23)25(32)30-14-12-29(13-15-30)19-9-7-18(8-10-19)28-24(31)20-4-2-3-5-22(20)26/h2-11,16H,12-15H2,1H3,(H,28,31). The minimum absolute atomic E-state index is 0.0841. The first kappa shape index (κ1) is 23.1. The Hall–Kier alpha value is -3.03. The highest BCUT2D eigenvalue weighted by atomic mass is 79.9. The molecule has 4 rings (SSSR count). The lowest BCUT2D eigenvalue weighted by molar-refractivity contribution is 0.0743. The molecule has 3 aromatic rings. The van der Waals surface area contributed by atoms with Crippen molar-refractivity contribution in [2.75, 3.05) is 43.5 Å². The maximum atomic E-state index is 13.0. The summed E-state index contributed by atoms with van der Waals surface area (Å²) in [4.78, 5) is 29.5. The van der Waals surface area contributed by atoms with Gasteiger partial charge in [-0.3, -0.25) is 9.59 Å². The molecule has 6 nitrogen and oxygen atoms in total. The Labute approximate surface area is 206 Å². The molecule has 1 aliphatic rings. The second-order valence-electron chi connectivity index (χ2n) is 7.60. The van der Waals surface area contributed by atoms with Gasteiger partial charge in [-0.1, -0.05) is 23.7 Å². The third-order valence-electron chi connectivity index (χ3n) is 5.57. The molecule has 1 N–H and O–H groups in total. The largest absolute Gasteiger partial charge is 0.496 e. The number of anilines is 2. The Bertz CT molecular complexity index is 1160. The lowest BCUT2D eigenvalue weighted by Gasteiger charge is -2.36. The third-order valence-corrected chi connectivity index (χ3v) is 6.49. The molecule has 0 saturated carbocycles. The van der Waals surface area contributed by atoms with Crippen LogP contribution in [0, 0.1) is 0 Å². The lowest BCUT2D eigenvalue weighted by atomic mass is 10.1. The van der Waals surface area contributed by atoms with E-state index in [1.54, 1.807) is 31.4 Å². The summed E-state index contributed by atoms with van der Waals surface area (Å²) in [6.07, 6.45) is 0. The van der Waals surface area contributed by atoms with Crippen molar-refractivity contribution >= 4 is 50.7 Å².